The minimum atomic E-state index is 0.311. The van der Waals surface area contributed by atoms with Gasteiger partial charge in [0.1, 0.15) is 5.78 Å². The Balaban J connectivity index is 1.92. The summed E-state index contributed by atoms with van der Waals surface area (Å²) in [5, 5.41) is 0. The summed E-state index contributed by atoms with van der Waals surface area (Å²) in [5.74, 6) is 2.37. The van der Waals surface area contributed by atoms with Crippen LogP contribution in [0.15, 0.2) is 18.2 Å². The lowest BCUT2D eigenvalue weighted by atomic mass is 9.75. The Hall–Kier alpha value is -1.11. The molecule has 0 radical (unpaired) electrons. The summed E-state index contributed by atoms with van der Waals surface area (Å²) in [6.45, 7) is 8.83. The van der Waals surface area contributed by atoms with Crippen molar-refractivity contribution in [1.29, 1.82) is 0 Å². The molecule has 2 rings (SSSR count). The Kier molecular flexibility index (Phi) is 5.01. The highest BCUT2D eigenvalue weighted by Crippen LogP contribution is 2.34. The van der Waals surface area contributed by atoms with Gasteiger partial charge in [-0.25, -0.2) is 0 Å². The largest absolute Gasteiger partial charge is 0.299 e. The molecule has 0 N–H and O–H groups in total. The molecule has 110 valence electrons. The third kappa shape index (κ3) is 3.94. The van der Waals surface area contributed by atoms with Crippen molar-refractivity contribution >= 4 is 5.78 Å². The molecule has 0 aromatic heterocycles. The molecule has 1 aliphatic rings. The molecule has 1 fully saturated rings. The highest BCUT2D eigenvalue weighted by Gasteiger charge is 2.27. The number of hydrogen-bond acceptors (Lipinski definition) is 1. The Morgan fingerprint density at radius 1 is 1.05 bits per heavy atom. The molecule has 1 nitrogen and oxygen atoms in total. The van der Waals surface area contributed by atoms with Gasteiger partial charge in [-0.1, -0.05) is 43.2 Å². The molecule has 0 atom stereocenters. The molecular weight excluding hydrogens is 244 g/mol. The van der Waals surface area contributed by atoms with Gasteiger partial charge in [-0.05, 0) is 56.9 Å². The SMILES string of the molecule is Cc1cc(C)cc(CC(=O)C2CCC(C(C)C)CC2)c1. The van der Waals surface area contributed by atoms with Crippen molar-refractivity contribution < 1.29 is 4.79 Å². The predicted octanol–water partition coefficient (Wildman–Crippen LogP) is 4.88. The molecule has 0 aliphatic heterocycles. The Labute approximate surface area is 123 Å². The molecule has 1 aromatic rings. The molecular formula is C19H28O. The number of aryl methyl sites for hydroxylation is 2. The van der Waals surface area contributed by atoms with Gasteiger partial charge in [0, 0.05) is 12.3 Å². The molecule has 1 aliphatic carbocycles. The number of benzene rings is 1. The molecule has 0 amide bonds. The number of Topliss-reactive ketones (excluding diaryl/α,β-unsaturated/α-hetero) is 1. The monoisotopic (exact) mass is 272 g/mol. The van der Waals surface area contributed by atoms with Crippen LogP contribution < -0.4 is 0 Å². The van der Waals surface area contributed by atoms with Crippen LogP contribution in [-0.4, -0.2) is 5.78 Å². The van der Waals surface area contributed by atoms with E-state index in [1.165, 1.54) is 29.5 Å². The predicted molar refractivity (Wildman–Crippen MR) is 84.9 cm³/mol. The third-order valence-electron chi connectivity index (χ3n) is 4.83. The van der Waals surface area contributed by atoms with Crippen molar-refractivity contribution in [1.82, 2.24) is 0 Å². The highest BCUT2D eigenvalue weighted by molar-refractivity contribution is 5.83. The number of ketones is 1. The van der Waals surface area contributed by atoms with Crippen LogP contribution in [-0.2, 0) is 11.2 Å². The molecule has 0 heterocycles. The number of rotatable bonds is 4. The quantitative estimate of drug-likeness (QED) is 0.763. The zero-order valence-corrected chi connectivity index (χ0v) is 13.4. The lowest BCUT2D eigenvalue weighted by Gasteiger charge is -2.30. The fourth-order valence-electron chi connectivity index (χ4n) is 3.62. The summed E-state index contributed by atoms with van der Waals surface area (Å²) in [5.41, 5.74) is 3.71. The lowest BCUT2D eigenvalue weighted by Crippen LogP contribution is -2.25. The minimum Gasteiger partial charge on any atom is -0.299 e. The van der Waals surface area contributed by atoms with Crippen LogP contribution >= 0.6 is 0 Å². The Bertz CT molecular complexity index is 444. The van der Waals surface area contributed by atoms with Crippen LogP contribution in [0.1, 0.15) is 56.2 Å². The standard InChI is InChI=1S/C19H28O/c1-13(2)17-5-7-18(8-6-17)19(20)12-16-10-14(3)9-15(4)11-16/h9-11,13,17-18H,5-8,12H2,1-4H3. The van der Waals surface area contributed by atoms with Crippen LogP contribution in [0.5, 0.6) is 0 Å². The van der Waals surface area contributed by atoms with Gasteiger partial charge in [0.25, 0.3) is 0 Å². The molecule has 1 aromatic carbocycles. The second-order valence-electron chi connectivity index (χ2n) is 6.99. The van der Waals surface area contributed by atoms with Gasteiger partial charge in [0.05, 0.1) is 0 Å². The summed E-state index contributed by atoms with van der Waals surface area (Å²) < 4.78 is 0. The van der Waals surface area contributed by atoms with Crippen molar-refractivity contribution in [2.45, 2.75) is 59.8 Å². The van der Waals surface area contributed by atoms with E-state index in [9.17, 15) is 4.79 Å². The van der Waals surface area contributed by atoms with Gasteiger partial charge in [0.15, 0.2) is 0 Å². The summed E-state index contributed by atoms with van der Waals surface area (Å²) in [6, 6.07) is 6.48. The second-order valence-corrected chi connectivity index (χ2v) is 6.99. The van der Waals surface area contributed by atoms with E-state index in [-0.39, 0.29) is 0 Å². The van der Waals surface area contributed by atoms with Crippen molar-refractivity contribution in [3.63, 3.8) is 0 Å². The first-order chi connectivity index (χ1) is 9.45. The van der Waals surface area contributed by atoms with E-state index in [0.717, 1.165) is 24.7 Å². The van der Waals surface area contributed by atoms with Gasteiger partial charge in [0.2, 0.25) is 0 Å². The first-order valence-corrected chi connectivity index (χ1v) is 8.05. The molecule has 1 heteroatoms. The summed E-state index contributed by atoms with van der Waals surface area (Å²) in [6.07, 6.45) is 5.31. The molecule has 0 spiro atoms. The second kappa shape index (κ2) is 6.56. The first kappa shape index (κ1) is 15.3. The zero-order chi connectivity index (χ0) is 14.7. The number of carbonyl (C=O) groups excluding carboxylic acids is 1. The average Bonchev–Trinajstić information content (AvgIpc) is 2.37. The lowest BCUT2D eigenvalue weighted by molar-refractivity contribution is -0.123. The molecule has 0 unspecified atom stereocenters. The maximum atomic E-state index is 12.5. The van der Waals surface area contributed by atoms with Gasteiger partial charge in [-0.2, -0.15) is 0 Å². The molecule has 0 bridgehead atoms. The summed E-state index contributed by atoms with van der Waals surface area (Å²) >= 11 is 0. The molecule has 0 saturated heterocycles. The van der Waals surface area contributed by atoms with Crippen LogP contribution in [0.4, 0.5) is 0 Å². The van der Waals surface area contributed by atoms with Gasteiger partial charge in [-0.15, -0.1) is 0 Å². The van der Waals surface area contributed by atoms with Crippen molar-refractivity contribution in [3.05, 3.63) is 34.9 Å². The zero-order valence-electron chi connectivity index (χ0n) is 13.4. The van der Waals surface area contributed by atoms with Crippen molar-refractivity contribution in [2.24, 2.45) is 17.8 Å². The van der Waals surface area contributed by atoms with Crippen molar-refractivity contribution in [2.75, 3.05) is 0 Å². The third-order valence-corrected chi connectivity index (χ3v) is 4.83. The normalized spacial score (nSPS) is 23.1. The molecule has 20 heavy (non-hydrogen) atoms. The minimum absolute atomic E-state index is 0.311. The maximum absolute atomic E-state index is 12.5. The van der Waals surface area contributed by atoms with E-state index >= 15 is 0 Å². The van der Waals surface area contributed by atoms with E-state index in [2.05, 4.69) is 45.9 Å². The van der Waals surface area contributed by atoms with Gasteiger partial charge < -0.3 is 0 Å². The van der Waals surface area contributed by atoms with Crippen LogP contribution in [0.3, 0.4) is 0 Å². The van der Waals surface area contributed by atoms with Gasteiger partial charge in [-0.3, -0.25) is 4.79 Å². The van der Waals surface area contributed by atoms with E-state index in [0.29, 0.717) is 18.1 Å². The van der Waals surface area contributed by atoms with E-state index in [4.69, 9.17) is 0 Å². The van der Waals surface area contributed by atoms with Crippen LogP contribution in [0.25, 0.3) is 0 Å². The smallest absolute Gasteiger partial charge is 0.140 e. The van der Waals surface area contributed by atoms with Gasteiger partial charge >= 0.3 is 0 Å². The fraction of sp³-hybridized carbons (Fsp3) is 0.632. The maximum Gasteiger partial charge on any atom is 0.140 e. The van der Waals surface area contributed by atoms with Crippen LogP contribution in [0.2, 0.25) is 0 Å². The molecule has 1 saturated carbocycles. The fourth-order valence-corrected chi connectivity index (χ4v) is 3.62. The van der Waals surface area contributed by atoms with Crippen LogP contribution in [0, 0.1) is 31.6 Å². The van der Waals surface area contributed by atoms with Crippen molar-refractivity contribution in [3.8, 4) is 0 Å². The average molecular weight is 272 g/mol. The number of hydrogen-bond donors (Lipinski definition) is 0. The Morgan fingerprint density at radius 3 is 2.10 bits per heavy atom. The highest BCUT2D eigenvalue weighted by atomic mass is 16.1. The summed E-state index contributed by atoms with van der Waals surface area (Å²) in [4.78, 5) is 12.5. The topological polar surface area (TPSA) is 17.1 Å². The van der Waals surface area contributed by atoms with E-state index in [1.807, 2.05) is 0 Å². The summed E-state index contributed by atoms with van der Waals surface area (Å²) in [7, 11) is 0. The van der Waals surface area contributed by atoms with E-state index in [1.54, 1.807) is 0 Å². The Morgan fingerprint density at radius 2 is 1.60 bits per heavy atom. The number of carbonyl (C=O) groups is 1. The first-order valence-electron chi connectivity index (χ1n) is 8.05. The van der Waals surface area contributed by atoms with E-state index < -0.39 is 0 Å².